The first-order valence-electron chi connectivity index (χ1n) is 6.16. The van der Waals surface area contributed by atoms with Crippen molar-refractivity contribution in [3.63, 3.8) is 0 Å². The molecule has 0 aromatic heterocycles. The Balaban J connectivity index is 1.93. The number of nitrogens with zero attached hydrogens (tertiary/aromatic N) is 1. The minimum absolute atomic E-state index is 0.181. The molecule has 17 heavy (non-hydrogen) atoms. The van der Waals surface area contributed by atoms with Crippen LogP contribution in [-0.4, -0.2) is 35.6 Å². The van der Waals surface area contributed by atoms with E-state index in [4.69, 9.17) is 5.11 Å². The SMILES string of the molecule is Cc1cccc(C2CCN(CC(=O)O)CC2)c1. The van der Waals surface area contributed by atoms with Crippen molar-refractivity contribution in [1.29, 1.82) is 0 Å². The molecular weight excluding hydrogens is 214 g/mol. The third kappa shape index (κ3) is 3.30. The van der Waals surface area contributed by atoms with E-state index < -0.39 is 5.97 Å². The Morgan fingerprint density at radius 2 is 2.12 bits per heavy atom. The molecule has 2 rings (SSSR count). The molecule has 1 aliphatic rings. The van der Waals surface area contributed by atoms with E-state index in [1.807, 2.05) is 4.90 Å². The van der Waals surface area contributed by atoms with Crippen LogP contribution in [0.4, 0.5) is 0 Å². The quantitative estimate of drug-likeness (QED) is 0.870. The van der Waals surface area contributed by atoms with Crippen LogP contribution >= 0.6 is 0 Å². The fourth-order valence-corrected chi connectivity index (χ4v) is 2.54. The topological polar surface area (TPSA) is 40.5 Å². The average Bonchev–Trinajstić information content (AvgIpc) is 2.29. The lowest BCUT2D eigenvalue weighted by atomic mass is 9.89. The molecular formula is C14H19NO2. The minimum atomic E-state index is -0.723. The highest BCUT2D eigenvalue weighted by molar-refractivity contribution is 5.69. The molecule has 0 saturated carbocycles. The molecule has 0 amide bonds. The van der Waals surface area contributed by atoms with Crippen LogP contribution in [0.1, 0.15) is 29.9 Å². The number of carbonyl (C=O) groups is 1. The van der Waals surface area contributed by atoms with Gasteiger partial charge in [-0.1, -0.05) is 29.8 Å². The second-order valence-electron chi connectivity index (χ2n) is 4.86. The van der Waals surface area contributed by atoms with Gasteiger partial charge in [0.05, 0.1) is 6.54 Å². The molecule has 0 atom stereocenters. The Hall–Kier alpha value is -1.35. The Morgan fingerprint density at radius 3 is 2.71 bits per heavy atom. The van der Waals surface area contributed by atoms with Gasteiger partial charge in [0.25, 0.3) is 0 Å². The van der Waals surface area contributed by atoms with Gasteiger partial charge < -0.3 is 5.11 Å². The fraction of sp³-hybridized carbons (Fsp3) is 0.500. The summed E-state index contributed by atoms with van der Waals surface area (Å²) in [5.74, 6) is -0.126. The highest BCUT2D eigenvalue weighted by atomic mass is 16.4. The fourth-order valence-electron chi connectivity index (χ4n) is 2.54. The van der Waals surface area contributed by atoms with Crippen LogP contribution in [0, 0.1) is 6.92 Å². The third-order valence-electron chi connectivity index (χ3n) is 3.46. The molecule has 0 radical (unpaired) electrons. The molecule has 1 aromatic rings. The van der Waals surface area contributed by atoms with Gasteiger partial charge in [0.15, 0.2) is 0 Å². The number of rotatable bonds is 3. The maximum absolute atomic E-state index is 10.6. The van der Waals surface area contributed by atoms with Gasteiger partial charge in [0.2, 0.25) is 0 Å². The lowest BCUT2D eigenvalue weighted by Crippen LogP contribution is -2.36. The molecule has 92 valence electrons. The van der Waals surface area contributed by atoms with Crippen molar-refractivity contribution in [1.82, 2.24) is 4.90 Å². The molecule has 1 N–H and O–H groups in total. The molecule has 1 saturated heterocycles. The molecule has 1 aromatic carbocycles. The predicted molar refractivity (Wildman–Crippen MR) is 67.2 cm³/mol. The second-order valence-corrected chi connectivity index (χ2v) is 4.86. The summed E-state index contributed by atoms with van der Waals surface area (Å²) in [4.78, 5) is 12.6. The Kier molecular flexibility index (Phi) is 3.79. The van der Waals surface area contributed by atoms with Crippen molar-refractivity contribution >= 4 is 5.97 Å². The first kappa shape index (κ1) is 12.1. The second kappa shape index (κ2) is 5.32. The Labute approximate surface area is 102 Å². The monoisotopic (exact) mass is 233 g/mol. The van der Waals surface area contributed by atoms with Crippen molar-refractivity contribution in [2.75, 3.05) is 19.6 Å². The molecule has 0 spiro atoms. The van der Waals surface area contributed by atoms with Crippen molar-refractivity contribution in [3.8, 4) is 0 Å². The molecule has 1 aliphatic heterocycles. The molecule has 0 unspecified atom stereocenters. The summed E-state index contributed by atoms with van der Waals surface area (Å²) >= 11 is 0. The van der Waals surface area contributed by atoms with Crippen LogP contribution < -0.4 is 0 Å². The summed E-state index contributed by atoms with van der Waals surface area (Å²) in [5.41, 5.74) is 2.70. The van der Waals surface area contributed by atoms with Gasteiger partial charge in [-0.15, -0.1) is 0 Å². The summed E-state index contributed by atoms with van der Waals surface area (Å²) in [6.07, 6.45) is 2.13. The van der Waals surface area contributed by atoms with E-state index in [1.54, 1.807) is 0 Å². The van der Waals surface area contributed by atoms with Crippen molar-refractivity contribution in [3.05, 3.63) is 35.4 Å². The smallest absolute Gasteiger partial charge is 0.317 e. The summed E-state index contributed by atoms with van der Waals surface area (Å²) in [6, 6.07) is 8.65. The number of benzene rings is 1. The summed E-state index contributed by atoms with van der Waals surface area (Å²) in [5, 5.41) is 8.74. The van der Waals surface area contributed by atoms with Crippen LogP contribution in [0.2, 0.25) is 0 Å². The molecule has 0 aliphatic carbocycles. The van der Waals surface area contributed by atoms with Crippen LogP contribution in [0.15, 0.2) is 24.3 Å². The van der Waals surface area contributed by atoms with E-state index in [0.29, 0.717) is 5.92 Å². The zero-order valence-corrected chi connectivity index (χ0v) is 10.2. The predicted octanol–water partition coefficient (Wildman–Crippen LogP) is 2.26. The Morgan fingerprint density at radius 1 is 1.41 bits per heavy atom. The molecule has 1 fully saturated rings. The first-order chi connectivity index (χ1) is 8.15. The highest BCUT2D eigenvalue weighted by Crippen LogP contribution is 2.28. The Bertz CT molecular complexity index is 395. The van der Waals surface area contributed by atoms with Gasteiger partial charge in [-0.3, -0.25) is 9.69 Å². The van der Waals surface area contributed by atoms with E-state index in [1.165, 1.54) is 11.1 Å². The van der Waals surface area contributed by atoms with Gasteiger partial charge in [-0.2, -0.15) is 0 Å². The van der Waals surface area contributed by atoms with Crippen LogP contribution in [0.5, 0.6) is 0 Å². The minimum Gasteiger partial charge on any atom is -0.480 e. The number of carboxylic acids is 1. The summed E-state index contributed by atoms with van der Waals surface area (Å²) in [6.45, 7) is 4.08. The normalized spacial score (nSPS) is 18.2. The molecule has 0 bridgehead atoms. The van der Waals surface area contributed by atoms with E-state index in [0.717, 1.165) is 25.9 Å². The maximum Gasteiger partial charge on any atom is 0.317 e. The zero-order chi connectivity index (χ0) is 12.3. The van der Waals surface area contributed by atoms with Gasteiger partial charge in [0.1, 0.15) is 0 Å². The van der Waals surface area contributed by atoms with Crippen LogP contribution in [0.3, 0.4) is 0 Å². The summed E-state index contributed by atoms with van der Waals surface area (Å²) in [7, 11) is 0. The number of hydrogen-bond acceptors (Lipinski definition) is 2. The number of piperidine rings is 1. The highest BCUT2D eigenvalue weighted by Gasteiger charge is 2.21. The van der Waals surface area contributed by atoms with Gasteiger partial charge in [0, 0.05) is 0 Å². The summed E-state index contributed by atoms with van der Waals surface area (Å²) < 4.78 is 0. The van der Waals surface area contributed by atoms with E-state index in [9.17, 15) is 4.79 Å². The lowest BCUT2D eigenvalue weighted by molar-refractivity contribution is -0.138. The third-order valence-corrected chi connectivity index (χ3v) is 3.46. The number of hydrogen-bond donors (Lipinski definition) is 1. The molecule has 3 nitrogen and oxygen atoms in total. The average molecular weight is 233 g/mol. The maximum atomic E-state index is 10.6. The van der Waals surface area contributed by atoms with Crippen LogP contribution in [-0.2, 0) is 4.79 Å². The van der Waals surface area contributed by atoms with Crippen molar-refractivity contribution < 1.29 is 9.90 Å². The number of aliphatic carboxylic acids is 1. The van der Waals surface area contributed by atoms with E-state index in [2.05, 4.69) is 31.2 Å². The van der Waals surface area contributed by atoms with E-state index in [-0.39, 0.29) is 6.54 Å². The first-order valence-corrected chi connectivity index (χ1v) is 6.16. The van der Waals surface area contributed by atoms with E-state index >= 15 is 0 Å². The lowest BCUT2D eigenvalue weighted by Gasteiger charge is -2.31. The molecule has 1 heterocycles. The van der Waals surface area contributed by atoms with Gasteiger partial charge in [-0.25, -0.2) is 0 Å². The molecule has 3 heteroatoms. The van der Waals surface area contributed by atoms with Crippen molar-refractivity contribution in [2.45, 2.75) is 25.7 Å². The number of aryl methyl sites for hydroxylation is 1. The van der Waals surface area contributed by atoms with Crippen LogP contribution in [0.25, 0.3) is 0 Å². The van der Waals surface area contributed by atoms with Gasteiger partial charge >= 0.3 is 5.97 Å². The standard InChI is InChI=1S/C14H19NO2/c1-11-3-2-4-13(9-11)12-5-7-15(8-6-12)10-14(16)17/h2-4,9,12H,5-8,10H2,1H3,(H,16,17). The number of carboxylic acid groups (broad SMARTS) is 1. The van der Waals surface area contributed by atoms with Crippen molar-refractivity contribution in [2.24, 2.45) is 0 Å². The van der Waals surface area contributed by atoms with Gasteiger partial charge in [-0.05, 0) is 44.3 Å². The zero-order valence-electron chi connectivity index (χ0n) is 10.2. The largest absolute Gasteiger partial charge is 0.480 e. The number of likely N-dealkylation sites (tertiary alicyclic amines) is 1.